The van der Waals surface area contributed by atoms with Crippen molar-refractivity contribution >= 4 is 28.1 Å². The average molecular weight is 376 g/mol. The van der Waals surface area contributed by atoms with Crippen LogP contribution in [0.2, 0.25) is 0 Å². The van der Waals surface area contributed by atoms with Crippen LogP contribution in [0.5, 0.6) is 5.75 Å². The van der Waals surface area contributed by atoms with Gasteiger partial charge in [0.15, 0.2) is 6.61 Å². The lowest BCUT2D eigenvalue weighted by molar-refractivity contribution is -0.123. The largest absolute Gasteiger partial charge is 0.483 e. The maximum Gasteiger partial charge on any atom is 0.277 e. The molecule has 120 valence electrons. The van der Waals surface area contributed by atoms with Gasteiger partial charge >= 0.3 is 0 Å². The lowest BCUT2D eigenvalue weighted by atomic mass is 10.1. The summed E-state index contributed by atoms with van der Waals surface area (Å²) in [5, 5.41) is 3.87. The number of hydrazone groups is 1. The third kappa shape index (κ3) is 5.83. The fourth-order valence-electron chi connectivity index (χ4n) is 1.91. The molecule has 1 heterocycles. The Hall–Kier alpha value is -2.21. The first-order valence-electron chi connectivity index (χ1n) is 7.32. The highest BCUT2D eigenvalue weighted by atomic mass is 79.9. The predicted molar refractivity (Wildman–Crippen MR) is 93.6 cm³/mol. The second kappa shape index (κ2) is 9.05. The Labute approximate surface area is 143 Å². The van der Waals surface area contributed by atoms with E-state index in [-0.39, 0.29) is 12.5 Å². The number of rotatable bonds is 7. The smallest absolute Gasteiger partial charge is 0.277 e. The van der Waals surface area contributed by atoms with Crippen molar-refractivity contribution in [2.45, 2.75) is 19.8 Å². The molecule has 0 aliphatic carbocycles. The van der Waals surface area contributed by atoms with Gasteiger partial charge < -0.3 is 4.74 Å². The topological polar surface area (TPSA) is 63.6 Å². The Morgan fingerprint density at radius 3 is 2.83 bits per heavy atom. The highest BCUT2D eigenvalue weighted by Gasteiger charge is 2.06. The molecule has 0 saturated heterocycles. The van der Waals surface area contributed by atoms with Gasteiger partial charge in [-0.05, 0) is 57.7 Å². The van der Waals surface area contributed by atoms with Gasteiger partial charge in [-0.2, -0.15) is 5.10 Å². The van der Waals surface area contributed by atoms with Gasteiger partial charge in [0.1, 0.15) is 5.75 Å². The van der Waals surface area contributed by atoms with Crippen molar-refractivity contribution in [2.75, 3.05) is 6.61 Å². The van der Waals surface area contributed by atoms with Crippen LogP contribution < -0.4 is 10.2 Å². The molecule has 0 aliphatic rings. The number of ether oxygens (including phenoxy) is 1. The summed E-state index contributed by atoms with van der Waals surface area (Å²) in [6.45, 7) is 2.04. The maximum absolute atomic E-state index is 11.7. The van der Waals surface area contributed by atoms with Crippen molar-refractivity contribution in [3.63, 3.8) is 0 Å². The number of pyridine rings is 1. The average Bonchev–Trinajstić information content (AvgIpc) is 2.55. The van der Waals surface area contributed by atoms with Gasteiger partial charge in [0.2, 0.25) is 0 Å². The Balaban J connectivity index is 1.81. The number of hydrogen-bond acceptors (Lipinski definition) is 4. The van der Waals surface area contributed by atoms with E-state index in [2.05, 4.69) is 38.4 Å². The van der Waals surface area contributed by atoms with E-state index >= 15 is 0 Å². The molecule has 0 unspecified atom stereocenters. The number of nitrogens with one attached hydrogen (secondary N) is 1. The summed E-state index contributed by atoms with van der Waals surface area (Å²) in [6.07, 6.45) is 6.97. The Kier molecular flexibility index (Phi) is 6.75. The third-order valence-corrected chi connectivity index (χ3v) is 3.62. The zero-order valence-corrected chi connectivity index (χ0v) is 14.4. The molecule has 1 aromatic carbocycles. The van der Waals surface area contributed by atoms with E-state index in [9.17, 15) is 4.79 Å². The maximum atomic E-state index is 11.7. The van der Waals surface area contributed by atoms with Crippen molar-refractivity contribution in [3.8, 4) is 5.75 Å². The molecular formula is C17H18BrN3O2. The van der Waals surface area contributed by atoms with Crippen molar-refractivity contribution in [3.05, 3.63) is 58.3 Å². The molecule has 6 heteroatoms. The molecule has 5 nitrogen and oxygen atoms in total. The van der Waals surface area contributed by atoms with E-state index in [0.29, 0.717) is 5.75 Å². The Morgan fingerprint density at radius 1 is 1.35 bits per heavy atom. The Morgan fingerprint density at radius 2 is 2.13 bits per heavy atom. The second-order valence-corrected chi connectivity index (χ2v) is 5.73. The lowest BCUT2D eigenvalue weighted by Gasteiger charge is -2.08. The first kappa shape index (κ1) is 17.1. The molecule has 0 saturated carbocycles. The van der Waals surface area contributed by atoms with Crippen molar-refractivity contribution < 1.29 is 9.53 Å². The quantitative estimate of drug-likeness (QED) is 0.596. The fourth-order valence-corrected chi connectivity index (χ4v) is 2.45. The molecule has 1 amide bonds. The molecule has 0 radical (unpaired) electrons. The third-order valence-electron chi connectivity index (χ3n) is 3.00. The zero-order chi connectivity index (χ0) is 16.5. The van der Waals surface area contributed by atoms with Gasteiger partial charge in [-0.15, -0.1) is 0 Å². The molecule has 0 atom stereocenters. The van der Waals surface area contributed by atoms with E-state index in [0.717, 1.165) is 22.9 Å². The first-order valence-corrected chi connectivity index (χ1v) is 8.11. The van der Waals surface area contributed by atoms with Crippen LogP contribution in [0.3, 0.4) is 0 Å². The van der Waals surface area contributed by atoms with E-state index in [4.69, 9.17) is 4.74 Å². The van der Waals surface area contributed by atoms with Gasteiger partial charge in [0, 0.05) is 12.4 Å². The van der Waals surface area contributed by atoms with Crippen LogP contribution >= 0.6 is 15.9 Å². The fraction of sp³-hybridized carbons (Fsp3) is 0.235. The monoisotopic (exact) mass is 375 g/mol. The minimum atomic E-state index is -0.320. The van der Waals surface area contributed by atoms with Crippen molar-refractivity contribution in [2.24, 2.45) is 5.10 Å². The molecular weight excluding hydrogens is 358 g/mol. The van der Waals surface area contributed by atoms with E-state index in [1.807, 2.05) is 18.2 Å². The summed E-state index contributed by atoms with van der Waals surface area (Å²) in [6, 6.07) is 9.46. The molecule has 2 aromatic rings. The number of aryl methyl sites for hydroxylation is 1. The molecule has 1 N–H and O–H groups in total. The van der Waals surface area contributed by atoms with Gasteiger partial charge in [-0.25, -0.2) is 5.43 Å². The summed E-state index contributed by atoms with van der Waals surface area (Å²) < 4.78 is 6.34. The molecule has 2 rings (SSSR count). The first-order chi connectivity index (χ1) is 11.2. The van der Waals surface area contributed by atoms with Gasteiger partial charge in [-0.1, -0.05) is 19.4 Å². The summed E-state index contributed by atoms with van der Waals surface area (Å²) >= 11 is 3.46. The molecule has 0 fully saturated rings. The number of amides is 1. The van der Waals surface area contributed by atoms with E-state index in [1.54, 1.807) is 30.7 Å². The number of carbonyl (C=O) groups excluding carboxylic acids is 1. The SMILES string of the molecule is CCCc1ccc(OCC(=O)N/N=C/c2ccncc2)c(Br)c1. The standard InChI is InChI=1S/C17H18BrN3O2/c1-2-3-13-4-5-16(15(18)10-13)23-12-17(22)21-20-11-14-6-8-19-9-7-14/h4-11H,2-3,12H2,1H3,(H,21,22)/b20-11+. The van der Waals surface area contributed by atoms with Gasteiger partial charge in [0.25, 0.3) is 5.91 Å². The highest BCUT2D eigenvalue weighted by Crippen LogP contribution is 2.26. The van der Waals surface area contributed by atoms with Crippen LogP contribution in [0.15, 0.2) is 52.3 Å². The van der Waals surface area contributed by atoms with Crippen LogP contribution in [0.25, 0.3) is 0 Å². The van der Waals surface area contributed by atoms with Crippen LogP contribution in [0, 0.1) is 0 Å². The van der Waals surface area contributed by atoms with Crippen LogP contribution in [0.1, 0.15) is 24.5 Å². The molecule has 1 aromatic heterocycles. The molecule has 0 spiro atoms. The minimum absolute atomic E-state index is 0.0978. The number of halogens is 1. The highest BCUT2D eigenvalue weighted by molar-refractivity contribution is 9.10. The normalized spacial score (nSPS) is 10.7. The number of hydrogen-bond donors (Lipinski definition) is 1. The van der Waals surface area contributed by atoms with Crippen molar-refractivity contribution in [1.82, 2.24) is 10.4 Å². The lowest BCUT2D eigenvalue weighted by Crippen LogP contribution is -2.24. The molecule has 23 heavy (non-hydrogen) atoms. The van der Waals surface area contributed by atoms with E-state index in [1.165, 1.54) is 5.56 Å². The summed E-state index contributed by atoms with van der Waals surface area (Å²) in [5.74, 6) is 0.318. The van der Waals surface area contributed by atoms with Crippen molar-refractivity contribution in [1.29, 1.82) is 0 Å². The minimum Gasteiger partial charge on any atom is -0.483 e. The molecule has 0 aliphatic heterocycles. The zero-order valence-electron chi connectivity index (χ0n) is 12.8. The second-order valence-electron chi connectivity index (χ2n) is 4.88. The molecule has 0 bridgehead atoms. The summed E-state index contributed by atoms with van der Waals surface area (Å²) in [4.78, 5) is 15.6. The predicted octanol–water partition coefficient (Wildman–Crippen LogP) is 3.33. The summed E-state index contributed by atoms with van der Waals surface area (Å²) in [7, 11) is 0. The number of nitrogens with zero attached hydrogens (tertiary/aromatic N) is 2. The Bertz CT molecular complexity index is 675. The number of benzene rings is 1. The summed E-state index contributed by atoms with van der Waals surface area (Å²) in [5.41, 5.74) is 4.51. The van der Waals surface area contributed by atoms with Crippen LogP contribution in [-0.4, -0.2) is 23.7 Å². The van der Waals surface area contributed by atoms with Gasteiger partial charge in [0.05, 0.1) is 10.7 Å². The van der Waals surface area contributed by atoms with E-state index < -0.39 is 0 Å². The van der Waals surface area contributed by atoms with Crippen LogP contribution in [0.4, 0.5) is 0 Å². The van der Waals surface area contributed by atoms with Gasteiger partial charge in [-0.3, -0.25) is 9.78 Å². The van der Waals surface area contributed by atoms with Crippen LogP contribution in [-0.2, 0) is 11.2 Å². The number of aromatic nitrogens is 1. The number of carbonyl (C=O) groups is 1.